The standard InChI is InChI=1S/C9H12IN3O/c1-5-11-8(10)4-9(12-5)13-6-2-7(14)3-6/h4,6-7,14H,2-3H2,1H3,(H,11,12,13)/t6-,7+. The zero-order chi connectivity index (χ0) is 10.1. The molecule has 4 nitrogen and oxygen atoms in total. The van der Waals surface area contributed by atoms with Gasteiger partial charge in [-0.1, -0.05) is 0 Å². The third-order valence-electron chi connectivity index (χ3n) is 2.27. The molecule has 0 bridgehead atoms. The van der Waals surface area contributed by atoms with E-state index in [2.05, 4.69) is 37.9 Å². The maximum Gasteiger partial charge on any atom is 0.130 e. The Balaban J connectivity index is 2.02. The first-order valence-corrected chi connectivity index (χ1v) is 5.67. The van der Waals surface area contributed by atoms with Gasteiger partial charge in [-0.05, 0) is 42.4 Å². The van der Waals surface area contributed by atoms with Crippen molar-refractivity contribution in [3.63, 3.8) is 0 Å². The van der Waals surface area contributed by atoms with E-state index in [1.165, 1.54) is 0 Å². The molecular weight excluding hydrogens is 293 g/mol. The highest BCUT2D eigenvalue weighted by atomic mass is 127. The second kappa shape index (κ2) is 3.98. The molecule has 5 heteroatoms. The van der Waals surface area contributed by atoms with Crippen LogP contribution in [0.5, 0.6) is 0 Å². The van der Waals surface area contributed by atoms with Gasteiger partial charge in [0.15, 0.2) is 0 Å². The van der Waals surface area contributed by atoms with E-state index in [4.69, 9.17) is 5.11 Å². The Kier molecular flexibility index (Phi) is 2.87. The van der Waals surface area contributed by atoms with Crippen LogP contribution >= 0.6 is 22.6 Å². The first-order valence-electron chi connectivity index (χ1n) is 4.59. The fraction of sp³-hybridized carbons (Fsp3) is 0.556. The van der Waals surface area contributed by atoms with Crippen LogP contribution in [0.25, 0.3) is 0 Å². The first kappa shape index (κ1) is 10.1. The number of aryl methyl sites for hydroxylation is 1. The molecule has 0 spiro atoms. The lowest BCUT2D eigenvalue weighted by Gasteiger charge is -2.32. The summed E-state index contributed by atoms with van der Waals surface area (Å²) < 4.78 is 0.942. The zero-order valence-electron chi connectivity index (χ0n) is 7.87. The summed E-state index contributed by atoms with van der Waals surface area (Å²) in [7, 11) is 0. The second-order valence-corrected chi connectivity index (χ2v) is 4.69. The lowest BCUT2D eigenvalue weighted by Crippen LogP contribution is -2.39. The van der Waals surface area contributed by atoms with Gasteiger partial charge in [-0.25, -0.2) is 9.97 Å². The Morgan fingerprint density at radius 2 is 2.21 bits per heavy atom. The molecule has 2 rings (SSSR count). The number of hydrogen-bond donors (Lipinski definition) is 2. The predicted molar refractivity (Wildman–Crippen MR) is 62.1 cm³/mol. The molecule has 1 heterocycles. The summed E-state index contributed by atoms with van der Waals surface area (Å²) in [5.41, 5.74) is 0. The lowest BCUT2D eigenvalue weighted by atomic mass is 9.89. The Morgan fingerprint density at radius 3 is 2.79 bits per heavy atom. The second-order valence-electron chi connectivity index (χ2n) is 3.59. The number of hydrogen-bond acceptors (Lipinski definition) is 4. The van der Waals surface area contributed by atoms with Crippen LogP contribution in [0.15, 0.2) is 6.07 Å². The summed E-state index contributed by atoms with van der Waals surface area (Å²) in [4.78, 5) is 8.46. The molecule has 0 saturated heterocycles. The number of anilines is 1. The molecule has 1 aliphatic rings. The van der Waals surface area contributed by atoms with Crippen molar-refractivity contribution in [2.45, 2.75) is 31.9 Å². The molecule has 0 aliphatic heterocycles. The molecule has 76 valence electrons. The molecule has 1 aliphatic carbocycles. The van der Waals surface area contributed by atoms with Crippen LogP contribution in [0.4, 0.5) is 5.82 Å². The minimum atomic E-state index is -0.130. The lowest BCUT2D eigenvalue weighted by molar-refractivity contribution is 0.0835. The summed E-state index contributed by atoms with van der Waals surface area (Å²) >= 11 is 2.17. The Hall–Kier alpha value is -0.430. The number of aromatic nitrogens is 2. The van der Waals surface area contributed by atoms with Crippen LogP contribution in [0.2, 0.25) is 0 Å². The Labute approximate surface area is 96.3 Å². The van der Waals surface area contributed by atoms with Crippen LogP contribution in [0, 0.1) is 10.6 Å². The Bertz CT molecular complexity index is 319. The summed E-state index contributed by atoms with van der Waals surface area (Å²) in [6.45, 7) is 1.88. The van der Waals surface area contributed by atoms with Crippen molar-refractivity contribution >= 4 is 28.4 Å². The summed E-state index contributed by atoms with van der Waals surface area (Å²) in [5.74, 6) is 1.64. The number of rotatable bonds is 2. The van der Waals surface area contributed by atoms with Crippen molar-refractivity contribution < 1.29 is 5.11 Å². The minimum Gasteiger partial charge on any atom is -0.393 e. The van der Waals surface area contributed by atoms with Gasteiger partial charge in [0, 0.05) is 12.1 Å². The van der Waals surface area contributed by atoms with Gasteiger partial charge < -0.3 is 10.4 Å². The monoisotopic (exact) mass is 305 g/mol. The van der Waals surface area contributed by atoms with Gasteiger partial charge in [-0.3, -0.25) is 0 Å². The molecule has 1 aromatic heterocycles. The van der Waals surface area contributed by atoms with Crippen LogP contribution in [0.3, 0.4) is 0 Å². The maximum absolute atomic E-state index is 9.13. The largest absolute Gasteiger partial charge is 0.393 e. The van der Waals surface area contributed by atoms with Gasteiger partial charge in [0.2, 0.25) is 0 Å². The quantitative estimate of drug-likeness (QED) is 0.639. The van der Waals surface area contributed by atoms with E-state index < -0.39 is 0 Å². The maximum atomic E-state index is 9.13. The number of nitrogens with zero attached hydrogens (tertiary/aromatic N) is 2. The number of halogens is 1. The molecule has 0 radical (unpaired) electrons. The van der Waals surface area contributed by atoms with Crippen molar-refractivity contribution in [1.82, 2.24) is 9.97 Å². The predicted octanol–water partition coefficient (Wildman–Crippen LogP) is 1.32. The highest BCUT2D eigenvalue weighted by molar-refractivity contribution is 14.1. The zero-order valence-corrected chi connectivity index (χ0v) is 10.0. The fourth-order valence-electron chi connectivity index (χ4n) is 1.52. The smallest absolute Gasteiger partial charge is 0.130 e. The fourth-order valence-corrected chi connectivity index (χ4v) is 2.16. The van der Waals surface area contributed by atoms with E-state index in [1.54, 1.807) is 0 Å². The number of aliphatic hydroxyl groups excluding tert-OH is 1. The SMILES string of the molecule is Cc1nc(I)cc(N[C@H]2C[C@@H](O)C2)n1. The van der Waals surface area contributed by atoms with Crippen LogP contribution in [0.1, 0.15) is 18.7 Å². The van der Waals surface area contributed by atoms with Gasteiger partial charge in [0.25, 0.3) is 0 Å². The van der Waals surface area contributed by atoms with Crippen molar-refractivity contribution in [2.24, 2.45) is 0 Å². The third-order valence-corrected chi connectivity index (χ3v) is 2.82. The molecule has 0 unspecified atom stereocenters. The van der Waals surface area contributed by atoms with Crippen molar-refractivity contribution in [1.29, 1.82) is 0 Å². The van der Waals surface area contributed by atoms with Crippen molar-refractivity contribution in [3.8, 4) is 0 Å². The molecule has 0 atom stereocenters. The van der Waals surface area contributed by atoms with Gasteiger partial charge in [-0.15, -0.1) is 0 Å². The van der Waals surface area contributed by atoms with Crippen LogP contribution < -0.4 is 5.32 Å². The van der Waals surface area contributed by atoms with Gasteiger partial charge >= 0.3 is 0 Å². The molecule has 14 heavy (non-hydrogen) atoms. The van der Waals surface area contributed by atoms with E-state index in [0.29, 0.717) is 6.04 Å². The molecule has 2 N–H and O–H groups in total. The van der Waals surface area contributed by atoms with E-state index in [-0.39, 0.29) is 6.10 Å². The highest BCUT2D eigenvalue weighted by Crippen LogP contribution is 2.23. The van der Waals surface area contributed by atoms with Gasteiger partial charge in [0.05, 0.1) is 6.10 Å². The van der Waals surface area contributed by atoms with E-state index in [0.717, 1.165) is 28.2 Å². The molecular formula is C9H12IN3O. The summed E-state index contributed by atoms with van der Waals surface area (Å²) in [6, 6.07) is 2.29. The molecule has 1 saturated carbocycles. The molecule has 0 aromatic carbocycles. The van der Waals surface area contributed by atoms with E-state index >= 15 is 0 Å². The number of aliphatic hydroxyl groups is 1. The van der Waals surface area contributed by atoms with Crippen molar-refractivity contribution in [3.05, 3.63) is 15.6 Å². The summed E-state index contributed by atoms with van der Waals surface area (Å²) in [6.07, 6.45) is 1.51. The minimum absolute atomic E-state index is 0.130. The molecule has 0 amide bonds. The first-order chi connectivity index (χ1) is 6.63. The normalized spacial score (nSPS) is 25.6. The molecule has 1 fully saturated rings. The van der Waals surface area contributed by atoms with Crippen LogP contribution in [-0.2, 0) is 0 Å². The Morgan fingerprint density at radius 1 is 1.50 bits per heavy atom. The van der Waals surface area contributed by atoms with E-state index in [1.807, 2.05) is 13.0 Å². The number of nitrogens with one attached hydrogen (secondary N) is 1. The van der Waals surface area contributed by atoms with Crippen molar-refractivity contribution in [2.75, 3.05) is 5.32 Å². The average molecular weight is 305 g/mol. The highest BCUT2D eigenvalue weighted by Gasteiger charge is 2.27. The van der Waals surface area contributed by atoms with Gasteiger partial charge in [-0.2, -0.15) is 0 Å². The van der Waals surface area contributed by atoms with Gasteiger partial charge in [0.1, 0.15) is 15.3 Å². The van der Waals surface area contributed by atoms with E-state index in [9.17, 15) is 0 Å². The van der Waals surface area contributed by atoms with Crippen LogP contribution in [-0.4, -0.2) is 27.2 Å². The third kappa shape index (κ3) is 2.33. The molecule has 1 aromatic rings. The average Bonchev–Trinajstić information content (AvgIpc) is 1.99. The topological polar surface area (TPSA) is 58.0 Å². The summed E-state index contributed by atoms with van der Waals surface area (Å²) in [5, 5.41) is 12.4.